The highest BCUT2D eigenvalue weighted by atomic mass is 15.2. The van der Waals surface area contributed by atoms with E-state index in [9.17, 15) is 0 Å². The summed E-state index contributed by atoms with van der Waals surface area (Å²) in [5.41, 5.74) is 2.67. The van der Waals surface area contributed by atoms with E-state index in [1.807, 2.05) is 6.92 Å². The van der Waals surface area contributed by atoms with E-state index in [1.54, 1.807) is 0 Å². The molecule has 0 spiro atoms. The van der Waals surface area contributed by atoms with Crippen LogP contribution in [0.5, 0.6) is 0 Å². The first-order valence-corrected chi connectivity index (χ1v) is 7.78. The smallest absolute Gasteiger partial charge is 0.181 e. The maximum Gasteiger partial charge on any atom is 0.181 e. The van der Waals surface area contributed by atoms with Crippen LogP contribution < -0.4 is 5.32 Å². The molecule has 1 atom stereocenters. The Morgan fingerprint density at radius 2 is 2.19 bits per heavy atom. The van der Waals surface area contributed by atoms with Crippen LogP contribution in [0.2, 0.25) is 0 Å². The van der Waals surface area contributed by atoms with Crippen LogP contribution in [0.25, 0.3) is 11.4 Å². The lowest BCUT2D eigenvalue weighted by atomic mass is 9.75. The lowest BCUT2D eigenvalue weighted by molar-refractivity contribution is 0.229. The maximum absolute atomic E-state index is 4.40. The molecule has 4 nitrogen and oxygen atoms in total. The van der Waals surface area contributed by atoms with E-state index in [0.29, 0.717) is 11.5 Å². The van der Waals surface area contributed by atoms with Crippen molar-refractivity contribution in [3.05, 3.63) is 30.1 Å². The minimum atomic E-state index is 0.453. The number of hydrogen-bond donors (Lipinski definition) is 2. The van der Waals surface area contributed by atoms with Crippen molar-refractivity contribution < 1.29 is 0 Å². The van der Waals surface area contributed by atoms with Crippen LogP contribution in [0.4, 0.5) is 5.69 Å². The Bertz CT molecular complexity index is 615. The Morgan fingerprint density at radius 1 is 1.33 bits per heavy atom. The summed E-state index contributed by atoms with van der Waals surface area (Å²) < 4.78 is 0. The van der Waals surface area contributed by atoms with Gasteiger partial charge in [0.05, 0.1) is 0 Å². The number of H-pyrrole nitrogens is 1. The first-order valence-electron chi connectivity index (χ1n) is 7.78. The molecule has 1 fully saturated rings. The molecule has 1 heterocycles. The quantitative estimate of drug-likeness (QED) is 0.889. The van der Waals surface area contributed by atoms with E-state index in [0.717, 1.165) is 22.9 Å². The second-order valence-corrected chi connectivity index (χ2v) is 6.93. The molecule has 4 heteroatoms. The minimum absolute atomic E-state index is 0.453. The summed E-state index contributed by atoms with van der Waals surface area (Å²) in [4.78, 5) is 4.40. The number of hydrogen-bond acceptors (Lipinski definition) is 3. The lowest BCUT2D eigenvalue weighted by Gasteiger charge is -2.36. The molecule has 1 aromatic carbocycles. The van der Waals surface area contributed by atoms with Gasteiger partial charge in [0.25, 0.3) is 0 Å². The molecular weight excluding hydrogens is 260 g/mol. The molecule has 0 saturated heterocycles. The summed E-state index contributed by atoms with van der Waals surface area (Å²) >= 11 is 0. The van der Waals surface area contributed by atoms with Gasteiger partial charge in [-0.05, 0) is 43.7 Å². The van der Waals surface area contributed by atoms with Gasteiger partial charge in [-0.1, -0.05) is 32.4 Å². The fourth-order valence-electron chi connectivity index (χ4n) is 3.28. The van der Waals surface area contributed by atoms with Crippen molar-refractivity contribution in [2.75, 3.05) is 5.32 Å². The van der Waals surface area contributed by atoms with Crippen molar-refractivity contribution in [2.45, 2.75) is 52.5 Å². The predicted molar refractivity (Wildman–Crippen MR) is 86.2 cm³/mol. The summed E-state index contributed by atoms with van der Waals surface area (Å²) in [6, 6.07) is 8.96. The summed E-state index contributed by atoms with van der Waals surface area (Å²) in [6.45, 7) is 6.66. The Balaban J connectivity index is 1.74. The van der Waals surface area contributed by atoms with E-state index < -0.39 is 0 Å². The number of aromatic amines is 1. The Kier molecular flexibility index (Phi) is 3.70. The molecule has 0 radical (unpaired) electrons. The van der Waals surface area contributed by atoms with Gasteiger partial charge in [-0.2, -0.15) is 5.10 Å². The average Bonchev–Trinajstić information content (AvgIpc) is 2.85. The number of aryl methyl sites for hydroxylation is 1. The highest BCUT2D eigenvalue weighted by Crippen LogP contribution is 2.36. The van der Waals surface area contributed by atoms with Gasteiger partial charge in [0.2, 0.25) is 0 Å². The van der Waals surface area contributed by atoms with E-state index in [-0.39, 0.29) is 0 Å². The number of nitrogens with one attached hydrogen (secondary N) is 2. The average molecular weight is 284 g/mol. The van der Waals surface area contributed by atoms with Gasteiger partial charge in [0.15, 0.2) is 5.82 Å². The van der Waals surface area contributed by atoms with Crippen LogP contribution in [0.1, 0.15) is 45.4 Å². The van der Waals surface area contributed by atoms with Crippen LogP contribution in [0.3, 0.4) is 0 Å². The van der Waals surface area contributed by atoms with Gasteiger partial charge in [0.1, 0.15) is 5.82 Å². The van der Waals surface area contributed by atoms with Crippen molar-refractivity contribution in [1.29, 1.82) is 0 Å². The molecule has 1 aliphatic carbocycles. The molecular formula is C17H24N4. The van der Waals surface area contributed by atoms with Crippen molar-refractivity contribution in [3.63, 3.8) is 0 Å². The highest BCUT2D eigenvalue weighted by Gasteiger charge is 2.27. The molecule has 21 heavy (non-hydrogen) atoms. The zero-order chi connectivity index (χ0) is 14.9. The fourth-order valence-corrected chi connectivity index (χ4v) is 3.28. The van der Waals surface area contributed by atoms with E-state index in [2.05, 4.69) is 58.6 Å². The van der Waals surface area contributed by atoms with Crippen LogP contribution >= 0.6 is 0 Å². The Morgan fingerprint density at radius 3 is 2.90 bits per heavy atom. The standard InChI is InChI=1S/C17H24N4/c1-12-18-16(21-20-12)13-6-4-7-14(10-13)19-15-8-5-9-17(2,3)11-15/h4,6-7,10,15,19H,5,8-9,11H2,1-3H3,(H,18,20,21). The molecule has 0 aliphatic heterocycles. The van der Waals surface area contributed by atoms with Crippen molar-refractivity contribution >= 4 is 5.69 Å². The van der Waals surface area contributed by atoms with Crippen molar-refractivity contribution in [1.82, 2.24) is 15.2 Å². The summed E-state index contributed by atoms with van der Waals surface area (Å²) in [6.07, 6.45) is 5.14. The van der Waals surface area contributed by atoms with Gasteiger partial charge in [-0.3, -0.25) is 5.10 Å². The van der Waals surface area contributed by atoms with Crippen molar-refractivity contribution in [3.8, 4) is 11.4 Å². The molecule has 1 unspecified atom stereocenters. The third-order valence-electron chi connectivity index (χ3n) is 4.29. The van der Waals surface area contributed by atoms with E-state index in [4.69, 9.17) is 0 Å². The minimum Gasteiger partial charge on any atom is -0.382 e. The summed E-state index contributed by atoms with van der Waals surface area (Å²) in [5.74, 6) is 1.61. The van der Waals surface area contributed by atoms with E-state index in [1.165, 1.54) is 25.7 Å². The molecule has 2 N–H and O–H groups in total. The second-order valence-electron chi connectivity index (χ2n) is 6.93. The van der Waals surface area contributed by atoms with Gasteiger partial charge < -0.3 is 5.32 Å². The number of benzene rings is 1. The highest BCUT2D eigenvalue weighted by molar-refractivity contribution is 5.62. The monoisotopic (exact) mass is 284 g/mol. The molecule has 1 saturated carbocycles. The Hall–Kier alpha value is -1.84. The van der Waals surface area contributed by atoms with Gasteiger partial charge in [0, 0.05) is 17.3 Å². The molecule has 0 bridgehead atoms. The topological polar surface area (TPSA) is 53.6 Å². The van der Waals surface area contributed by atoms with Crippen LogP contribution in [0.15, 0.2) is 24.3 Å². The summed E-state index contributed by atoms with van der Waals surface area (Å²) in [7, 11) is 0. The van der Waals surface area contributed by atoms with Crippen molar-refractivity contribution in [2.24, 2.45) is 5.41 Å². The van der Waals surface area contributed by atoms with Gasteiger partial charge in [-0.15, -0.1) is 0 Å². The molecule has 112 valence electrons. The zero-order valence-corrected chi connectivity index (χ0v) is 13.1. The Labute approximate surface area is 126 Å². The zero-order valence-electron chi connectivity index (χ0n) is 13.1. The first-order chi connectivity index (χ1) is 10.0. The predicted octanol–water partition coefficient (Wildman–Crippen LogP) is 4.16. The second kappa shape index (κ2) is 5.51. The third-order valence-corrected chi connectivity index (χ3v) is 4.29. The summed E-state index contributed by atoms with van der Waals surface area (Å²) in [5, 5.41) is 10.8. The number of anilines is 1. The normalized spacial score (nSPS) is 21.2. The lowest BCUT2D eigenvalue weighted by Crippen LogP contribution is -2.31. The fraction of sp³-hybridized carbons (Fsp3) is 0.529. The maximum atomic E-state index is 4.40. The molecule has 3 rings (SSSR count). The van der Waals surface area contributed by atoms with Crippen LogP contribution in [-0.2, 0) is 0 Å². The SMILES string of the molecule is Cc1nc(-c2cccc(NC3CCCC(C)(C)C3)c2)n[nH]1. The number of nitrogens with zero attached hydrogens (tertiary/aromatic N) is 2. The molecule has 0 amide bonds. The first kappa shape index (κ1) is 14.1. The van der Waals surface area contributed by atoms with Gasteiger partial charge in [-0.25, -0.2) is 4.98 Å². The largest absolute Gasteiger partial charge is 0.382 e. The molecule has 2 aromatic rings. The van der Waals surface area contributed by atoms with E-state index >= 15 is 0 Å². The third kappa shape index (κ3) is 3.43. The van der Waals surface area contributed by atoms with Crippen LogP contribution in [-0.4, -0.2) is 21.2 Å². The number of rotatable bonds is 3. The van der Waals surface area contributed by atoms with Crippen LogP contribution in [0, 0.1) is 12.3 Å². The molecule has 1 aromatic heterocycles. The molecule has 1 aliphatic rings. The van der Waals surface area contributed by atoms with Gasteiger partial charge >= 0.3 is 0 Å². The number of aromatic nitrogens is 3.